The number of allylic oxidation sites excluding steroid dienone is 3. The first-order valence-corrected chi connectivity index (χ1v) is 8.66. The van der Waals surface area contributed by atoms with Crippen LogP contribution in [0.15, 0.2) is 30.4 Å². The Balaban J connectivity index is 2.51. The van der Waals surface area contributed by atoms with Crippen LogP contribution < -0.4 is 0 Å². The predicted molar refractivity (Wildman–Crippen MR) is 96.9 cm³/mol. The largest absolute Gasteiger partial charge is 0.507 e. The van der Waals surface area contributed by atoms with Crippen molar-refractivity contribution in [3.63, 3.8) is 0 Å². The van der Waals surface area contributed by atoms with Gasteiger partial charge in [0.05, 0.1) is 16.5 Å². The summed E-state index contributed by atoms with van der Waals surface area (Å²) < 4.78 is 5.24. The molecule has 6 nitrogen and oxygen atoms in total. The lowest BCUT2D eigenvalue weighted by molar-refractivity contribution is -0.114. The van der Waals surface area contributed by atoms with E-state index in [4.69, 9.17) is 27.9 Å². The molecule has 1 aromatic carbocycles. The van der Waals surface area contributed by atoms with Crippen LogP contribution in [0.2, 0.25) is 5.02 Å². The van der Waals surface area contributed by atoms with E-state index in [2.05, 4.69) is 0 Å². The van der Waals surface area contributed by atoms with Crippen LogP contribution in [0.3, 0.4) is 0 Å². The minimum absolute atomic E-state index is 0.0344. The number of fused-ring (bicyclic) bond motifs is 1. The molecule has 0 amide bonds. The summed E-state index contributed by atoms with van der Waals surface area (Å²) in [7, 11) is 0. The number of phenolic OH excluding ortho intramolecular Hbond substituents is 2. The molecule has 0 saturated carbocycles. The molecular weight excluding hydrogens is 383 g/mol. The van der Waals surface area contributed by atoms with Crippen LogP contribution in [0.5, 0.6) is 11.5 Å². The zero-order chi connectivity index (χ0) is 19.4. The number of phenols is 2. The summed E-state index contributed by atoms with van der Waals surface area (Å²) in [6, 6.07) is 0.906. The van der Waals surface area contributed by atoms with Gasteiger partial charge in [-0.05, 0) is 13.0 Å². The highest BCUT2D eigenvalue weighted by Gasteiger charge is 2.27. The highest BCUT2D eigenvalue weighted by molar-refractivity contribution is 6.33. The predicted octanol–water partition coefficient (Wildman–Crippen LogP) is 2.89. The smallest absolute Gasteiger partial charge is 0.342 e. The summed E-state index contributed by atoms with van der Waals surface area (Å²) in [6.45, 7) is 1.56. The van der Waals surface area contributed by atoms with Crippen molar-refractivity contribution in [2.45, 2.75) is 37.4 Å². The summed E-state index contributed by atoms with van der Waals surface area (Å²) in [5, 5.41) is 29.0. The van der Waals surface area contributed by atoms with Crippen molar-refractivity contribution in [2.24, 2.45) is 0 Å². The number of ketones is 1. The highest BCUT2D eigenvalue weighted by Crippen LogP contribution is 2.37. The molecule has 2 rings (SSSR count). The fraction of sp³-hybridized carbons (Fsp3) is 0.333. The molecule has 0 aliphatic carbocycles. The second-order valence-electron chi connectivity index (χ2n) is 5.93. The van der Waals surface area contributed by atoms with Gasteiger partial charge in [-0.25, -0.2) is 4.79 Å². The summed E-state index contributed by atoms with van der Waals surface area (Å²) >= 11 is 12.1. The average molecular weight is 401 g/mol. The van der Waals surface area contributed by atoms with Gasteiger partial charge in [0.1, 0.15) is 23.2 Å². The lowest BCUT2D eigenvalue weighted by atomic mass is 9.99. The van der Waals surface area contributed by atoms with Crippen molar-refractivity contribution in [2.75, 3.05) is 0 Å². The maximum atomic E-state index is 12.5. The highest BCUT2D eigenvalue weighted by atomic mass is 35.5. The number of carbonyl (C=O) groups is 2. The Morgan fingerprint density at radius 3 is 2.58 bits per heavy atom. The van der Waals surface area contributed by atoms with Gasteiger partial charge in [0.2, 0.25) is 0 Å². The lowest BCUT2D eigenvalue weighted by Crippen LogP contribution is -2.27. The van der Waals surface area contributed by atoms with Gasteiger partial charge in [-0.3, -0.25) is 4.79 Å². The van der Waals surface area contributed by atoms with E-state index in [9.17, 15) is 24.9 Å². The van der Waals surface area contributed by atoms with Crippen LogP contribution in [-0.4, -0.2) is 44.7 Å². The first-order chi connectivity index (χ1) is 12.2. The number of aliphatic hydroxyl groups excluding tert-OH is 1. The second kappa shape index (κ2) is 8.58. The van der Waals surface area contributed by atoms with Gasteiger partial charge < -0.3 is 20.1 Å². The zero-order valence-corrected chi connectivity index (χ0v) is 15.4. The van der Waals surface area contributed by atoms with Crippen LogP contribution in [0.4, 0.5) is 0 Å². The number of carbonyl (C=O) groups excluding carboxylic acids is 2. The third-order valence-corrected chi connectivity index (χ3v) is 4.67. The summed E-state index contributed by atoms with van der Waals surface area (Å²) in [6.07, 6.45) is 3.73. The number of ether oxygens (including phenoxy) is 1. The van der Waals surface area contributed by atoms with E-state index in [0.717, 1.165) is 6.07 Å². The number of aliphatic hydroxyl groups is 1. The molecule has 0 fully saturated rings. The topological polar surface area (TPSA) is 104 Å². The minimum atomic E-state index is -0.987. The minimum Gasteiger partial charge on any atom is -0.507 e. The van der Waals surface area contributed by atoms with Crippen molar-refractivity contribution < 1.29 is 29.6 Å². The van der Waals surface area contributed by atoms with Crippen LogP contribution in [0.25, 0.3) is 0 Å². The zero-order valence-electron chi connectivity index (χ0n) is 13.9. The molecule has 26 heavy (non-hydrogen) atoms. The van der Waals surface area contributed by atoms with Crippen LogP contribution in [-0.2, 0) is 16.0 Å². The molecule has 3 atom stereocenters. The normalized spacial score (nSPS) is 25.9. The number of cyclic esters (lactones) is 1. The summed E-state index contributed by atoms with van der Waals surface area (Å²) in [5.41, 5.74) is -0.335. The first-order valence-electron chi connectivity index (χ1n) is 7.84. The Morgan fingerprint density at radius 1 is 1.19 bits per heavy atom. The van der Waals surface area contributed by atoms with Crippen LogP contribution >= 0.6 is 23.2 Å². The number of alkyl halides is 1. The molecule has 1 aliphatic heterocycles. The molecular formula is C18H18Cl2O6. The SMILES string of the molecule is CC1CC(O)C(Cl)C=C/C=C/C(=O)Cc2c(Cl)c(O)cc(O)c2C(=O)O1. The first kappa shape index (κ1) is 20.3. The lowest BCUT2D eigenvalue weighted by Gasteiger charge is -2.20. The number of aromatic hydroxyl groups is 2. The van der Waals surface area contributed by atoms with E-state index in [0.29, 0.717) is 0 Å². The number of benzene rings is 1. The van der Waals surface area contributed by atoms with E-state index in [1.807, 2.05) is 0 Å². The Bertz CT molecular complexity index is 771. The van der Waals surface area contributed by atoms with Gasteiger partial charge in [-0.2, -0.15) is 0 Å². The van der Waals surface area contributed by atoms with Crippen molar-refractivity contribution >= 4 is 35.0 Å². The quantitative estimate of drug-likeness (QED) is 0.456. The molecule has 3 unspecified atom stereocenters. The van der Waals surface area contributed by atoms with Gasteiger partial charge in [-0.15, -0.1) is 11.6 Å². The summed E-state index contributed by atoms with van der Waals surface area (Å²) in [5.74, 6) is -2.36. The van der Waals surface area contributed by atoms with Gasteiger partial charge in [-0.1, -0.05) is 29.8 Å². The Morgan fingerprint density at radius 2 is 1.88 bits per heavy atom. The van der Waals surface area contributed by atoms with Gasteiger partial charge in [0.25, 0.3) is 0 Å². The number of halogens is 2. The standard InChI is InChI=1S/C18H18Cl2O6/c1-9-6-13(22)12(19)5-3-2-4-10(21)7-11-16(18(25)26-9)14(23)8-15(24)17(11)20/h2-5,8-9,12-13,22-24H,6-7H2,1H3/b4-2+,5-3?. The van der Waals surface area contributed by atoms with E-state index in [1.54, 1.807) is 6.92 Å². The van der Waals surface area contributed by atoms with E-state index in [1.165, 1.54) is 24.3 Å². The van der Waals surface area contributed by atoms with Crippen LogP contribution in [0.1, 0.15) is 29.3 Å². The van der Waals surface area contributed by atoms with Gasteiger partial charge in [0.15, 0.2) is 5.78 Å². The maximum absolute atomic E-state index is 12.5. The molecule has 3 N–H and O–H groups in total. The van der Waals surface area contributed by atoms with Gasteiger partial charge in [0, 0.05) is 24.5 Å². The molecule has 8 heteroatoms. The van der Waals surface area contributed by atoms with Gasteiger partial charge >= 0.3 is 5.97 Å². The molecule has 0 saturated heterocycles. The molecule has 0 spiro atoms. The Kier molecular flexibility index (Phi) is 6.69. The maximum Gasteiger partial charge on any atom is 0.342 e. The molecule has 0 aromatic heterocycles. The average Bonchev–Trinajstić information content (AvgIpc) is 2.54. The third kappa shape index (κ3) is 4.78. The summed E-state index contributed by atoms with van der Waals surface area (Å²) in [4.78, 5) is 24.6. The second-order valence-corrected chi connectivity index (χ2v) is 6.81. The number of hydrogen-bond acceptors (Lipinski definition) is 6. The number of esters is 1. The van der Waals surface area contributed by atoms with E-state index < -0.39 is 40.8 Å². The van der Waals surface area contributed by atoms with Crippen molar-refractivity contribution in [3.05, 3.63) is 46.5 Å². The third-order valence-electron chi connectivity index (χ3n) is 3.81. The Labute approximate surface area is 160 Å². The molecule has 1 heterocycles. The fourth-order valence-corrected chi connectivity index (χ4v) is 2.93. The van der Waals surface area contributed by atoms with E-state index in [-0.39, 0.29) is 29.0 Å². The van der Waals surface area contributed by atoms with Crippen LogP contribution in [0, 0.1) is 0 Å². The van der Waals surface area contributed by atoms with Crippen molar-refractivity contribution in [3.8, 4) is 11.5 Å². The van der Waals surface area contributed by atoms with E-state index >= 15 is 0 Å². The molecule has 0 bridgehead atoms. The molecule has 140 valence electrons. The van der Waals surface area contributed by atoms with Crippen molar-refractivity contribution in [1.29, 1.82) is 0 Å². The number of rotatable bonds is 0. The molecule has 1 aromatic rings. The fourth-order valence-electron chi connectivity index (χ4n) is 2.53. The molecule has 1 aliphatic rings. The Hall–Kier alpha value is -2.02. The molecule has 0 radical (unpaired) electrons. The van der Waals surface area contributed by atoms with Crippen molar-refractivity contribution in [1.82, 2.24) is 0 Å². The number of hydrogen-bond donors (Lipinski definition) is 3. The monoisotopic (exact) mass is 400 g/mol.